The average Bonchev–Trinajstić information content (AvgIpc) is 3.42. The van der Waals surface area contributed by atoms with Crippen LogP contribution in [0.25, 0.3) is 17.0 Å². The van der Waals surface area contributed by atoms with E-state index in [9.17, 15) is 0 Å². The number of ether oxygens (including phenoxy) is 2. The lowest BCUT2D eigenvalue weighted by atomic mass is 10.2. The molecule has 0 saturated carbocycles. The van der Waals surface area contributed by atoms with Crippen molar-refractivity contribution in [2.75, 3.05) is 32.6 Å². The minimum absolute atomic E-state index is 0.200. The highest BCUT2D eigenvalue weighted by Gasteiger charge is 2.21. The fourth-order valence-electron chi connectivity index (χ4n) is 3.87. The number of hydrogen-bond acceptors (Lipinski definition) is 7. The second-order valence-corrected chi connectivity index (χ2v) is 8.59. The number of imidazole rings is 1. The summed E-state index contributed by atoms with van der Waals surface area (Å²) < 4.78 is 14.5. The minimum Gasteiger partial charge on any atom is -0.494 e. The second kappa shape index (κ2) is 8.76. The third-order valence-electron chi connectivity index (χ3n) is 5.47. The highest BCUT2D eigenvalue weighted by molar-refractivity contribution is 9.10. The average molecular weight is 495 g/mol. The Morgan fingerprint density at radius 3 is 2.88 bits per heavy atom. The molecular formula is C23H23BrN6O2. The van der Waals surface area contributed by atoms with Gasteiger partial charge in [0, 0.05) is 31.5 Å². The number of hydrogen-bond donors (Lipinski definition) is 1. The second-order valence-electron chi connectivity index (χ2n) is 7.74. The van der Waals surface area contributed by atoms with Crippen LogP contribution in [0, 0.1) is 0 Å². The molecule has 1 aliphatic heterocycles. The van der Waals surface area contributed by atoms with E-state index in [0.717, 1.165) is 52.5 Å². The number of methoxy groups -OCH3 is 1. The van der Waals surface area contributed by atoms with Crippen molar-refractivity contribution in [3.63, 3.8) is 0 Å². The topological polar surface area (TPSA) is 76.8 Å². The Kier molecular flexibility index (Phi) is 5.67. The maximum atomic E-state index is 6.12. The van der Waals surface area contributed by atoms with Crippen LogP contribution >= 0.6 is 15.9 Å². The van der Waals surface area contributed by atoms with Gasteiger partial charge in [0.25, 0.3) is 0 Å². The number of aromatic nitrogens is 4. The monoisotopic (exact) mass is 494 g/mol. The summed E-state index contributed by atoms with van der Waals surface area (Å²) in [5.41, 5.74) is 3.23. The molecule has 1 unspecified atom stereocenters. The molecule has 1 aliphatic rings. The lowest BCUT2D eigenvalue weighted by Crippen LogP contribution is -2.21. The lowest BCUT2D eigenvalue weighted by molar-refractivity contribution is 0.207. The third-order valence-corrected chi connectivity index (χ3v) is 6.05. The number of halogens is 1. The number of fused-ring (bicyclic) bond motifs is 1. The van der Waals surface area contributed by atoms with Crippen LogP contribution in [0.3, 0.4) is 0 Å². The van der Waals surface area contributed by atoms with Crippen LogP contribution < -0.4 is 14.8 Å². The van der Waals surface area contributed by atoms with Gasteiger partial charge < -0.3 is 19.7 Å². The smallest absolute Gasteiger partial charge is 0.227 e. The van der Waals surface area contributed by atoms with Crippen LogP contribution in [0.2, 0.25) is 0 Å². The summed E-state index contributed by atoms with van der Waals surface area (Å²) in [4.78, 5) is 15.9. The van der Waals surface area contributed by atoms with E-state index in [1.165, 1.54) is 0 Å². The van der Waals surface area contributed by atoms with Gasteiger partial charge in [-0.15, -0.1) is 0 Å². The number of likely N-dealkylation sites (N-methyl/N-ethyl adjacent to an activating group) is 1. The first-order valence-corrected chi connectivity index (χ1v) is 11.2. The van der Waals surface area contributed by atoms with Gasteiger partial charge in [-0.05, 0) is 53.7 Å². The zero-order chi connectivity index (χ0) is 22.1. The molecule has 3 aromatic heterocycles. The Morgan fingerprint density at radius 2 is 2.06 bits per heavy atom. The van der Waals surface area contributed by atoms with Crippen LogP contribution in [0.5, 0.6) is 11.5 Å². The molecule has 4 aromatic rings. The number of nitrogens with zero attached hydrogens (tertiary/aromatic N) is 5. The summed E-state index contributed by atoms with van der Waals surface area (Å²) in [7, 11) is 3.75. The van der Waals surface area contributed by atoms with Gasteiger partial charge in [-0.1, -0.05) is 6.07 Å². The van der Waals surface area contributed by atoms with Gasteiger partial charge in [0.05, 0.1) is 29.2 Å². The van der Waals surface area contributed by atoms with E-state index in [1.807, 2.05) is 47.0 Å². The number of benzene rings is 1. The summed E-state index contributed by atoms with van der Waals surface area (Å²) in [6.45, 7) is 1.98. The van der Waals surface area contributed by atoms with Crippen LogP contribution in [0.1, 0.15) is 6.42 Å². The quantitative estimate of drug-likeness (QED) is 0.425. The minimum atomic E-state index is 0.200. The normalized spacial score (nSPS) is 16.4. The van der Waals surface area contributed by atoms with Crippen molar-refractivity contribution in [2.24, 2.45) is 0 Å². The molecule has 8 nitrogen and oxygen atoms in total. The highest BCUT2D eigenvalue weighted by atomic mass is 79.9. The Hall–Kier alpha value is -3.17. The third kappa shape index (κ3) is 4.13. The van der Waals surface area contributed by atoms with Crippen molar-refractivity contribution in [1.82, 2.24) is 24.3 Å². The molecule has 0 bridgehead atoms. The molecular weight excluding hydrogens is 472 g/mol. The first-order valence-electron chi connectivity index (χ1n) is 10.4. The summed E-state index contributed by atoms with van der Waals surface area (Å²) in [6, 6.07) is 11.6. The molecule has 0 radical (unpaired) electrons. The highest BCUT2D eigenvalue weighted by Crippen LogP contribution is 2.33. The van der Waals surface area contributed by atoms with Crippen molar-refractivity contribution >= 4 is 33.2 Å². The number of rotatable bonds is 6. The van der Waals surface area contributed by atoms with E-state index in [-0.39, 0.29) is 6.10 Å². The van der Waals surface area contributed by atoms with Crippen LogP contribution in [-0.2, 0) is 0 Å². The van der Waals surface area contributed by atoms with Gasteiger partial charge in [-0.3, -0.25) is 4.40 Å². The molecule has 0 aliphatic carbocycles. The zero-order valence-electron chi connectivity index (χ0n) is 17.8. The van der Waals surface area contributed by atoms with E-state index in [1.54, 1.807) is 19.5 Å². The zero-order valence-corrected chi connectivity index (χ0v) is 19.4. The van der Waals surface area contributed by atoms with Crippen molar-refractivity contribution in [1.29, 1.82) is 0 Å². The summed E-state index contributed by atoms with van der Waals surface area (Å²) in [5.74, 6) is 1.91. The molecule has 164 valence electrons. The number of anilines is 2. The van der Waals surface area contributed by atoms with Crippen LogP contribution in [0.4, 0.5) is 11.6 Å². The van der Waals surface area contributed by atoms with Crippen molar-refractivity contribution in [3.8, 4) is 22.9 Å². The van der Waals surface area contributed by atoms with Gasteiger partial charge in [-0.25, -0.2) is 15.0 Å². The first-order chi connectivity index (χ1) is 15.6. The molecule has 1 aromatic carbocycles. The molecule has 5 rings (SSSR count). The van der Waals surface area contributed by atoms with Gasteiger partial charge in [0.15, 0.2) is 0 Å². The molecule has 9 heteroatoms. The van der Waals surface area contributed by atoms with Gasteiger partial charge in [0.1, 0.15) is 28.9 Å². The molecule has 0 amide bonds. The Bertz CT molecular complexity index is 1260. The Labute approximate surface area is 194 Å². The molecule has 32 heavy (non-hydrogen) atoms. The standard InChI is InChI=1S/C23H23BrN6O2/c1-29-10-8-16(14-29)32-15-6-7-18(20(11-15)31-2)27-23-26-12-17(24)22(28-23)19-13-25-21-5-3-4-9-30(19)21/h3-7,9,11-13,16H,8,10,14H2,1-2H3,(H,26,27,28). The number of likely N-dealkylation sites (tertiary alicyclic amines) is 1. The number of nitrogens with one attached hydrogen (secondary N) is 1. The number of pyridine rings is 1. The predicted molar refractivity (Wildman–Crippen MR) is 127 cm³/mol. The summed E-state index contributed by atoms with van der Waals surface area (Å²) in [5, 5.41) is 3.27. The molecule has 1 N–H and O–H groups in total. The largest absolute Gasteiger partial charge is 0.494 e. The first kappa shape index (κ1) is 20.7. The molecule has 1 atom stereocenters. The van der Waals surface area contributed by atoms with E-state index >= 15 is 0 Å². The van der Waals surface area contributed by atoms with Crippen molar-refractivity contribution in [2.45, 2.75) is 12.5 Å². The SMILES string of the molecule is COc1cc(OC2CCN(C)C2)ccc1Nc1ncc(Br)c(-c2cnc3ccccn23)n1. The van der Waals surface area contributed by atoms with Gasteiger partial charge in [0.2, 0.25) is 5.95 Å². The Morgan fingerprint density at radius 1 is 1.16 bits per heavy atom. The molecule has 1 fully saturated rings. The van der Waals surface area contributed by atoms with Crippen molar-refractivity contribution < 1.29 is 9.47 Å². The van der Waals surface area contributed by atoms with E-state index < -0.39 is 0 Å². The fraction of sp³-hybridized carbons (Fsp3) is 0.261. The fourth-order valence-corrected chi connectivity index (χ4v) is 4.26. The Balaban J connectivity index is 1.41. The van der Waals surface area contributed by atoms with Gasteiger partial charge in [-0.2, -0.15) is 0 Å². The van der Waals surface area contributed by atoms with E-state index in [4.69, 9.17) is 14.5 Å². The lowest BCUT2D eigenvalue weighted by Gasteiger charge is -2.16. The maximum Gasteiger partial charge on any atom is 0.227 e. The van der Waals surface area contributed by atoms with E-state index in [0.29, 0.717) is 11.7 Å². The van der Waals surface area contributed by atoms with Crippen LogP contribution in [-0.4, -0.2) is 57.6 Å². The van der Waals surface area contributed by atoms with Crippen LogP contribution in [0.15, 0.2) is 59.5 Å². The predicted octanol–water partition coefficient (Wildman–Crippen LogP) is 4.39. The molecule has 0 spiro atoms. The molecule has 4 heterocycles. The van der Waals surface area contributed by atoms with Gasteiger partial charge >= 0.3 is 0 Å². The van der Waals surface area contributed by atoms with E-state index in [2.05, 4.69) is 43.2 Å². The van der Waals surface area contributed by atoms with Crippen molar-refractivity contribution in [3.05, 3.63) is 59.5 Å². The summed E-state index contributed by atoms with van der Waals surface area (Å²) in [6.07, 6.45) is 6.72. The maximum absolute atomic E-state index is 6.12. The molecule has 1 saturated heterocycles. The summed E-state index contributed by atoms with van der Waals surface area (Å²) >= 11 is 3.57.